The van der Waals surface area contributed by atoms with Gasteiger partial charge in [0.05, 0.1) is 12.2 Å². The van der Waals surface area contributed by atoms with Gasteiger partial charge in [-0.05, 0) is 18.2 Å². The fourth-order valence-corrected chi connectivity index (χ4v) is 1.43. The maximum absolute atomic E-state index is 5.77. The zero-order valence-electron chi connectivity index (χ0n) is 8.39. The minimum atomic E-state index is 0.363. The number of nitrogens with zero attached hydrogens (tertiary/aromatic N) is 3. The Hall–Kier alpha value is -1.88. The zero-order chi connectivity index (χ0) is 11.4. The Kier molecular flexibility index (Phi) is 3.16. The molecule has 82 valence electrons. The van der Waals surface area contributed by atoms with Gasteiger partial charge in [0.2, 0.25) is 0 Å². The molecule has 2 heterocycles. The number of hydrogen-bond acceptors (Lipinski definition) is 5. The third-order valence-electron chi connectivity index (χ3n) is 1.89. The summed E-state index contributed by atoms with van der Waals surface area (Å²) in [6, 6.07) is 7.00. The first kappa shape index (κ1) is 10.6. The third-order valence-corrected chi connectivity index (χ3v) is 2.09. The van der Waals surface area contributed by atoms with E-state index in [2.05, 4.69) is 20.5 Å². The number of aromatic nitrogens is 3. The van der Waals surface area contributed by atoms with Crippen molar-refractivity contribution < 1.29 is 0 Å². The first-order valence-corrected chi connectivity index (χ1v) is 5.05. The lowest BCUT2D eigenvalue weighted by atomic mass is 10.3. The van der Waals surface area contributed by atoms with Crippen LogP contribution in [0, 0.1) is 0 Å². The maximum Gasteiger partial charge on any atom is 0.133 e. The minimum absolute atomic E-state index is 0.363. The van der Waals surface area contributed by atoms with E-state index in [9.17, 15) is 0 Å². The summed E-state index contributed by atoms with van der Waals surface area (Å²) in [5.74, 6) is 0.621. The lowest BCUT2D eigenvalue weighted by Gasteiger charge is -2.05. The lowest BCUT2D eigenvalue weighted by Crippen LogP contribution is -2.04. The lowest BCUT2D eigenvalue weighted by molar-refractivity contribution is 0.921. The molecule has 2 aromatic heterocycles. The summed E-state index contributed by atoms with van der Waals surface area (Å²) < 4.78 is 0. The number of nitrogens with two attached hydrogens (primary N) is 1. The largest absolute Gasteiger partial charge is 0.399 e. The first-order chi connectivity index (χ1) is 7.74. The minimum Gasteiger partial charge on any atom is -0.399 e. The Morgan fingerprint density at radius 2 is 2.25 bits per heavy atom. The van der Waals surface area contributed by atoms with Gasteiger partial charge in [-0.1, -0.05) is 11.6 Å². The van der Waals surface area contributed by atoms with Crippen molar-refractivity contribution >= 4 is 23.1 Å². The predicted octanol–water partition coefficient (Wildman–Crippen LogP) is 1.72. The second-order valence-corrected chi connectivity index (χ2v) is 3.56. The van der Waals surface area contributed by atoms with Crippen LogP contribution < -0.4 is 11.1 Å². The molecule has 0 bridgehead atoms. The summed E-state index contributed by atoms with van der Waals surface area (Å²) in [4.78, 5) is 4.08. The third kappa shape index (κ3) is 2.80. The van der Waals surface area contributed by atoms with Crippen molar-refractivity contribution in [2.45, 2.75) is 6.54 Å². The summed E-state index contributed by atoms with van der Waals surface area (Å²) in [5.41, 5.74) is 7.03. The van der Waals surface area contributed by atoms with E-state index in [-0.39, 0.29) is 0 Å². The summed E-state index contributed by atoms with van der Waals surface area (Å²) in [6.45, 7) is 0.528. The number of anilines is 2. The van der Waals surface area contributed by atoms with E-state index in [1.165, 1.54) is 0 Å². The quantitative estimate of drug-likeness (QED) is 0.793. The second kappa shape index (κ2) is 4.76. The maximum atomic E-state index is 5.77. The van der Waals surface area contributed by atoms with E-state index < -0.39 is 0 Å². The van der Waals surface area contributed by atoms with Crippen LogP contribution in [0.4, 0.5) is 11.5 Å². The highest BCUT2D eigenvalue weighted by atomic mass is 35.5. The van der Waals surface area contributed by atoms with E-state index in [0.717, 1.165) is 5.69 Å². The van der Waals surface area contributed by atoms with Gasteiger partial charge in [0, 0.05) is 18.0 Å². The van der Waals surface area contributed by atoms with E-state index >= 15 is 0 Å². The molecule has 0 aromatic carbocycles. The summed E-state index contributed by atoms with van der Waals surface area (Å²) >= 11 is 5.77. The molecule has 3 N–H and O–H groups in total. The molecule has 0 saturated heterocycles. The van der Waals surface area contributed by atoms with Crippen molar-refractivity contribution in [3.8, 4) is 0 Å². The van der Waals surface area contributed by atoms with Gasteiger partial charge in [-0.3, -0.25) is 0 Å². The molecule has 5 nitrogen and oxygen atoms in total. The number of rotatable bonds is 3. The number of halogens is 1. The highest BCUT2D eigenvalue weighted by Gasteiger charge is 1.99. The highest BCUT2D eigenvalue weighted by Crippen LogP contribution is 2.16. The number of nitrogens with one attached hydrogen (secondary N) is 1. The first-order valence-electron chi connectivity index (χ1n) is 4.67. The molecule has 0 atom stereocenters. The van der Waals surface area contributed by atoms with Crippen LogP contribution in [-0.4, -0.2) is 15.2 Å². The van der Waals surface area contributed by atoms with Crippen LogP contribution in [0.25, 0.3) is 0 Å². The Labute approximate surface area is 97.7 Å². The van der Waals surface area contributed by atoms with Crippen molar-refractivity contribution in [1.82, 2.24) is 15.2 Å². The molecule has 0 radical (unpaired) electrons. The molecule has 16 heavy (non-hydrogen) atoms. The molecule has 0 fully saturated rings. The summed E-state index contributed by atoms with van der Waals surface area (Å²) in [7, 11) is 0. The summed E-state index contributed by atoms with van der Waals surface area (Å²) in [5, 5.41) is 11.1. The molecule has 0 aliphatic carbocycles. The van der Waals surface area contributed by atoms with E-state index in [1.54, 1.807) is 18.3 Å². The molecule has 0 aliphatic heterocycles. The second-order valence-electron chi connectivity index (χ2n) is 3.18. The van der Waals surface area contributed by atoms with Gasteiger partial charge in [-0.25, -0.2) is 4.98 Å². The molecular formula is C10H10ClN5. The van der Waals surface area contributed by atoms with Gasteiger partial charge in [0.25, 0.3) is 0 Å². The molecule has 2 rings (SSSR count). The Morgan fingerprint density at radius 1 is 1.38 bits per heavy atom. The van der Waals surface area contributed by atoms with Crippen LogP contribution in [0.15, 0.2) is 30.5 Å². The average molecular weight is 236 g/mol. The molecule has 0 saturated carbocycles. The number of pyridine rings is 1. The smallest absolute Gasteiger partial charge is 0.133 e. The normalized spacial score (nSPS) is 10.1. The Balaban J connectivity index is 2.05. The van der Waals surface area contributed by atoms with Crippen molar-refractivity contribution in [3.63, 3.8) is 0 Å². The molecular weight excluding hydrogens is 226 g/mol. The fraction of sp³-hybridized carbons (Fsp3) is 0.100. The van der Waals surface area contributed by atoms with Gasteiger partial charge in [-0.15, -0.1) is 0 Å². The van der Waals surface area contributed by atoms with Crippen LogP contribution in [0.3, 0.4) is 0 Å². The van der Waals surface area contributed by atoms with Crippen molar-refractivity contribution in [3.05, 3.63) is 41.3 Å². The van der Waals surface area contributed by atoms with Crippen LogP contribution in [0.1, 0.15) is 5.69 Å². The standard InChI is InChI=1S/C10H10ClN5/c11-9-4-7(12)5-10(15-9)13-6-8-2-1-3-14-16-8/h1-5H,6H2,(H3,12,13,15). The van der Waals surface area contributed by atoms with E-state index in [1.807, 2.05) is 12.1 Å². The topological polar surface area (TPSA) is 76.7 Å². The van der Waals surface area contributed by atoms with Crippen LogP contribution >= 0.6 is 11.6 Å². The van der Waals surface area contributed by atoms with E-state index in [0.29, 0.717) is 23.2 Å². The molecule has 0 unspecified atom stereocenters. The predicted molar refractivity (Wildman–Crippen MR) is 63.0 cm³/mol. The van der Waals surface area contributed by atoms with Gasteiger partial charge in [0.15, 0.2) is 0 Å². The molecule has 0 amide bonds. The van der Waals surface area contributed by atoms with Gasteiger partial charge in [-0.2, -0.15) is 10.2 Å². The molecule has 0 spiro atoms. The van der Waals surface area contributed by atoms with Gasteiger partial charge < -0.3 is 11.1 Å². The number of hydrogen-bond donors (Lipinski definition) is 2. The van der Waals surface area contributed by atoms with Crippen LogP contribution in [0.2, 0.25) is 5.15 Å². The van der Waals surface area contributed by atoms with Gasteiger partial charge >= 0.3 is 0 Å². The molecule has 0 aliphatic rings. The Morgan fingerprint density at radius 3 is 2.94 bits per heavy atom. The highest BCUT2D eigenvalue weighted by molar-refractivity contribution is 6.29. The monoisotopic (exact) mass is 235 g/mol. The van der Waals surface area contributed by atoms with Crippen molar-refractivity contribution in [2.75, 3.05) is 11.1 Å². The van der Waals surface area contributed by atoms with Crippen molar-refractivity contribution in [2.24, 2.45) is 0 Å². The SMILES string of the molecule is Nc1cc(Cl)nc(NCc2cccnn2)c1. The van der Waals surface area contributed by atoms with E-state index in [4.69, 9.17) is 17.3 Å². The average Bonchev–Trinajstić information content (AvgIpc) is 2.27. The van der Waals surface area contributed by atoms with Crippen LogP contribution in [-0.2, 0) is 6.54 Å². The fourth-order valence-electron chi connectivity index (χ4n) is 1.22. The van der Waals surface area contributed by atoms with Crippen molar-refractivity contribution in [1.29, 1.82) is 0 Å². The van der Waals surface area contributed by atoms with Gasteiger partial charge in [0.1, 0.15) is 11.0 Å². The number of nitrogen functional groups attached to an aromatic ring is 1. The molecule has 6 heteroatoms. The van der Waals surface area contributed by atoms with Crippen LogP contribution in [0.5, 0.6) is 0 Å². The summed E-state index contributed by atoms with van der Waals surface area (Å²) in [6.07, 6.45) is 1.62. The zero-order valence-corrected chi connectivity index (χ0v) is 9.15. The molecule has 2 aromatic rings. The Bertz CT molecular complexity index is 454.